The third kappa shape index (κ3) is 2.41. The smallest absolute Gasteiger partial charge is 0.270 e. The lowest BCUT2D eigenvalue weighted by Crippen LogP contribution is -2.16. The Morgan fingerprint density at radius 1 is 1.39 bits per heavy atom. The van der Waals surface area contributed by atoms with E-state index in [1.165, 1.54) is 16.3 Å². The minimum atomic E-state index is -0.227. The summed E-state index contributed by atoms with van der Waals surface area (Å²) < 4.78 is 1.54. The summed E-state index contributed by atoms with van der Waals surface area (Å²) in [5.41, 5.74) is 0.555. The quantitative estimate of drug-likeness (QED) is 0.870. The Hall–Kier alpha value is -1.34. The van der Waals surface area contributed by atoms with Crippen LogP contribution in [-0.2, 0) is 6.54 Å². The van der Waals surface area contributed by atoms with Crippen LogP contribution in [0, 0.1) is 13.8 Å². The highest BCUT2D eigenvalue weighted by molar-refractivity contribution is 7.99. The van der Waals surface area contributed by atoms with Crippen molar-refractivity contribution in [3.05, 3.63) is 27.0 Å². The standard InChI is InChI=1S/C10H12ClN5OS/c1-4-16-9(17)14-15-10(16)18-8-5(2)7(11)12-6(3)13-8/h4H2,1-3H3,(H,14,17). The van der Waals surface area contributed by atoms with Gasteiger partial charge < -0.3 is 0 Å². The first-order valence-corrected chi connectivity index (χ1v) is 6.56. The summed E-state index contributed by atoms with van der Waals surface area (Å²) in [6, 6.07) is 0. The molecular formula is C10H12ClN5OS. The molecule has 0 unspecified atom stereocenters. The molecule has 0 aliphatic carbocycles. The number of H-pyrrole nitrogens is 1. The first kappa shape index (κ1) is 13.1. The third-order valence-corrected chi connectivity index (χ3v) is 3.83. The van der Waals surface area contributed by atoms with E-state index in [0.717, 1.165) is 5.56 Å². The number of aromatic nitrogens is 5. The fourth-order valence-electron chi connectivity index (χ4n) is 1.42. The van der Waals surface area contributed by atoms with E-state index in [2.05, 4.69) is 20.2 Å². The van der Waals surface area contributed by atoms with Crippen LogP contribution in [-0.4, -0.2) is 24.7 Å². The fraction of sp³-hybridized carbons (Fsp3) is 0.400. The van der Waals surface area contributed by atoms with E-state index < -0.39 is 0 Å². The molecule has 2 aromatic rings. The third-order valence-electron chi connectivity index (χ3n) is 2.38. The second kappa shape index (κ2) is 5.11. The lowest BCUT2D eigenvalue weighted by Gasteiger charge is -2.06. The second-order valence-corrected chi connectivity index (χ2v) is 4.96. The van der Waals surface area contributed by atoms with Crippen LogP contribution in [0.4, 0.5) is 0 Å². The van der Waals surface area contributed by atoms with Crippen LogP contribution in [0.3, 0.4) is 0 Å². The Morgan fingerprint density at radius 2 is 2.11 bits per heavy atom. The van der Waals surface area contributed by atoms with Gasteiger partial charge in [0.15, 0.2) is 5.16 Å². The summed E-state index contributed by atoms with van der Waals surface area (Å²) in [5.74, 6) is 0.592. The van der Waals surface area contributed by atoms with Gasteiger partial charge in [0.05, 0.1) is 0 Å². The Kier molecular flexibility index (Phi) is 3.72. The molecule has 0 radical (unpaired) electrons. The van der Waals surface area contributed by atoms with Gasteiger partial charge in [-0.15, -0.1) is 5.10 Å². The number of hydrogen-bond donors (Lipinski definition) is 1. The van der Waals surface area contributed by atoms with Crippen molar-refractivity contribution in [1.29, 1.82) is 0 Å². The molecule has 18 heavy (non-hydrogen) atoms. The number of aryl methyl sites for hydroxylation is 1. The van der Waals surface area contributed by atoms with Crippen molar-refractivity contribution >= 4 is 23.4 Å². The van der Waals surface area contributed by atoms with Crippen LogP contribution in [0.25, 0.3) is 0 Å². The van der Waals surface area contributed by atoms with Crippen LogP contribution in [0.5, 0.6) is 0 Å². The average Bonchev–Trinajstić information content (AvgIpc) is 2.66. The van der Waals surface area contributed by atoms with Gasteiger partial charge in [-0.25, -0.2) is 19.9 Å². The maximum atomic E-state index is 11.5. The van der Waals surface area contributed by atoms with Gasteiger partial charge in [0.1, 0.15) is 16.0 Å². The normalized spacial score (nSPS) is 10.9. The maximum Gasteiger partial charge on any atom is 0.343 e. The Labute approximate surface area is 113 Å². The number of hydrogen-bond acceptors (Lipinski definition) is 5. The Balaban J connectivity index is 2.43. The number of nitrogens with zero attached hydrogens (tertiary/aromatic N) is 4. The molecule has 2 heterocycles. The van der Waals surface area contributed by atoms with Crippen LogP contribution >= 0.6 is 23.4 Å². The first-order valence-electron chi connectivity index (χ1n) is 5.36. The zero-order valence-electron chi connectivity index (χ0n) is 10.2. The molecule has 0 aliphatic heterocycles. The van der Waals surface area contributed by atoms with Crippen molar-refractivity contribution in [1.82, 2.24) is 24.7 Å². The van der Waals surface area contributed by atoms with Gasteiger partial charge in [0.2, 0.25) is 0 Å². The van der Waals surface area contributed by atoms with Gasteiger partial charge in [0, 0.05) is 12.1 Å². The maximum absolute atomic E-state index is 11.5. The second-order valence-electron chi connectivity index (χ2n) is 3.65. The minimum Gasteiger partial charge on any atom is -0.270 e. The van der Waals surface area contributed by atoms with Crippen molar-refractivity contribution in [3.8, 4) is 0 Å². The summed E-state index contributed by atoms with van der Waals surface area (Å²) in [6.07, 6.45) is 0. The molecule has 2 rings (SSSR count). The number of nitrogens with one attached hydrogen (secondary N) is 1. The molecule has 0 bridgehead atoms. The van der Waals surface area contributed by atoms with E-state index in [1.807, 2.05) is 13.8 Å². The first-order chi connectivity index (χ1) is 8.52. The lowest BCUT2D eigenvalue weighted by atomic mass is 10.4. The van der Waals surface area contributed by atoms with Crippen LogP contribution in [0.1, 0.15) is 18.3 Å². The summed E-state index contributed by atoms with van der Waals surface area (Å²) in [5, 5.41) is 8.09. The summed E-state index contributed by atoms with van der Waals surface area (Å²) in [7, 11) is 0. The molecule has 0 aromatic carbocycles. The molecule has 0 aliphatic rings. The highest BCUT2D eigenvalue weighted by Gasteiger charge is 2.13. The average molecular weight is 286 g/mol. The summed E-state index contributed by atoms with van der Waals surface area (Å²) in [4.78, 5) is 19.8. The van der Waals surface area contributed by atoms with Gasteiger partial charge in [-0.2, -0.15) is 0 Å². The Morgan fingerprint density at radius 3 is 2.78 bits per heavy atom. The topological polar surface area (TPSA) is 76.5 Å². The molecule has 2 aromatic heterocycles. The highest BCUT2D eigenvalue weighted by Crippen LogP contribution is 2.29. The SMILES string of the molecule is CCn1c(Sc2nc(C)nc(Cl)c2C)n[nH]c1=O. The zero-order valence-corrected chi connectivity index (χ0v) is 11.8. The molecular weight excluding hydrogens is 274 g/mol. The molecule has 1 N–H and O–H groups in total. The molecule has 0 atom stereocenters. The van der Waals surface area contributed by atoms with Crippen molar-refractivity contribution in [3.63, 3.8) is 0 Å². The predicted molar refractivity (Wildman–Crippen MR) is 69.2 cm³/mol. The van der Waals surface area contributed by atoms with E-state index in [1.54, 1.807) is 6.92 Å². The lowest BCUT2D eigenvalue weighted by molar-refractivity contribution is 0.659. The fourth-order valence-corrected chi connectivity index (χ4v) is 2.70. The van der Waals surface area contributed by atoms with Crippen molar-refractivity contribution < 1.29 is 0 Å². The van der Waals surface area contributed by atoms with Gasteiger partial charge in [-0.1, -0.05) is 11.6 Å². The van der Waals surface area contributed by atoms with Crippen LogP contribution in [0.15, 0.2) is 15.0 Å². The van der Waals surface area contributed by atoms with E-state index in [0.29, 0.717) is 27.7 Å². The summed E-state index contributed by atoms with van der Waals surface area (Å²) >= 11 is 7.30. The monoisotopic (exact) mass is 285 g/mol. The largest absolute Gasteiger partial charge is 0.343 e. The van der Waals surface area contributed by atoms with E-state index in [4.69, 9.17) is 11.6 Å². The molecule has 0 spiro atoms. The molecule has 0 saturated carbocycles. The van der Waals surface area contributed by atoms with Crippen molar-refractivity contribution in [2.75, 3.05) is 0 Å². The van der Waals surface area contributed by atoms with Crippen LogP contribution in [0.2, 0.25) is 5.15 Å². The van der Waals surface area contributed by atoms with Crippen molar-refractivity contribution in [2.24, 2.45) is 0 Å². The van der Waals surface area contributed by atoms with Gasteiger partial charge >= 0.3 is 5.69 Å². The molecule has 0 saturated heterocycles. The minimum absolute atomic E-state index is 0.227. The molecule has 96 valence electrons. The number of rotatable bonds is 3. The molecule has 0 fully saturated rings. The number of halogens is 1. The number of aromatic amines is 1. The Bertz CT molecular complexity index is 636. The zero-order chi connectivity index (χ0) is 13.3. The van der Waals surface area contributed by atoms with Gasteiger partial charge in [-0.05, 0) is 32.5 Å². The molecule has 0 amide bonds. The summed E-state index contributed by atoms with van der Waals surface area (Å²) in [6.45, 7) is 6.04. The van der Waals surface area contributed by atoms with Gasteiger partial charge in [-0.3, -0.25) is 4.57 Å². The highest BCUT2D eigenvalue weighted by atomic mass is 35.5. The van der Waals surface area contributed by atoms with Crippen LogP contribution < -0.4 is 5.69 Å². The van der Waals surface area contributed by atoms with E-state index in [-0.39, 0.29) is 5.69 Å². The molecule has 6 nitrogen and oxygen atoms in total. The van der Waals surface area contributed by atoms with Gasteiger partial charge in [0.25, 0.3) is 0 Å². The predicted octanol–water partition coefficient (Wildman–Crippen LogP) is 1.80. The van der Waals surface area contributed by atoms with Crippen molar-refractivity contribution in [2.45, 2.75) is 37.5 Å². The molecule has 8 heteroatoms. The van der Waals surface area contributed by atoms with E-state index >= 15 is 0 Å². The van der Waals surface area contributed by atoms with E-state index in [9.17, 15) is 4.79 Å².